The van der Waals surface area contributed by atoms with Crippen LogP contribution in [0.3, 0.4) is 0 Å². The van der Waals surface area contributed by atoms with Gasteiger partial charge in [0.05, 0.1) is 0 Å². The highest BCUT2D eigenvalue weighted by Crippen LogP contribution is 2.29. The van der Waals surface area contributed by atoms with Crippen LogP contribution in [0.1, 0.15) is 33.1 Å². The van der Waals surface area contributed by atoms with Crippen LogP contribution in [0, 0.1) is 5.41 Å². The summed E-state index contributed by atoms with van der Waals surface area (Å²) in [4.78, 5) is 2.54. The van der Waals surface area contributed by atoms with Gasteiger partial charge in [-0.05, 0) is 50.9 Å². The molecule has 0 aliphatic carbocycles. The van der Waals surface area contributed by atoms with Crippen LogP contribution in [-0.2, 0) is 0 Å². The number of nitrogens with two attached hydrogens (primary N) is 1. The minimum absolute atomic E-state index is 0.583. The van der Waals surface area contributed by atoms with Crippen molar-refractivity contribution in [2.24, 2.45) is 11.1 Å². The van der Waals surface area contributed by atoms with Gasteiger partial charge in [-0.15, -0.1) is 0 Å². The summed E-state index contributed by atoms with van der Waals surface area (Å²) in [6.07, 6.45) is 3.84. The Balaban J connectivity index is 2.18. The van der Waals surface area contributed by atoms with Crippen molar-refractivity contribution in [1.29, 1.82) is 0 Å². The molecule has 72 valence electrons. The number of rotatable bonds is 3. The molecule has 0 spiro atoms. The first-order chi connectivity index (χ1) is 5.64. The van der Waals surface area contributed by atoms with Gasteiger partial charge >= 0.3 is 0 Å². The minimum atomic E-state index is 0.583. The largest absolute Gasteiger partial charge is 0.330 e. The topological polar surface area (TPSA) is 29.3 Å². The van der Waals surface area contributed by atoms with E-state index < -0.39 is 0 Å². The van der Waals surface area contributed by atoms with Crippen molar-refractivity contribution >= 4 is 0 Å². The van der Waals surface area contributed by atoms with E-state index in [-0.39, 0.29) is 0 Å². The van der Waals surface area contributed by atoms with Gasteiger partial charge in [0.25, 0.3) is 0 Å². The highest BCUT2D eigenvalue weighted by molar-refractivity contribution is 4.78. The quantitative estimate of drug-likeness (QED) is 0.695. The summed E-state index contributed by atoms with van der Waals surface area (Å²) >= 11 is 0. The Morgan fingerprint density at radius 2 is 1.83 bits per heavy atom. The van der Waals surface area contributed by atoms with Gasteiger partial charge in [0.15, 0.2) is 0 Å². The van der Waals surface area contributed by atoms with E-state index in [0.717, 1.165) is 13.0 Å². The molecule has 0 atom stereocenters. The van der Waals surface area contributed by atoms with E-state index in [1.54, 1.807) is 0 Å². The molecular formula is C10H22N2. The first kappa shape index (κ1) is 10.0. The standard InChI is InChI=1S/C10H22N2/c1-10(2)4-8-12(9-5-10)7-3-6-11/h3-9,11H2,1-2H3. The first-order valence-electron chi connectivity index (χ1n) is 5.06. The molecule has 0 aromatic rings. The van der Waals surface area contributed by atoms with Gasteiger partial charge < -0.3 is 10.6 Å². The van der Waals surface area contributed by atoms with E-state index >= 15 is 0 Å². The number of piperidine rings is 1. The Morgan fingerprint density at radius 1 is 1.25 bits per heavy atom. The lowest BCUT2D eigenvalue weighted by molar-refractivity contribution is 0.132. The van der Waals surface area contributed by atoms with Crippen LogP contribution >= 0.6 is 0 Å². The maximum Gasteiger partial charge on any atom is -0.000671 e. The van der Waals surface area contributed by atoms with Gasteiger partial charge in [0.1, 0.15) is 0 Å². The summed E-state index contributed by atoms with van der Waals surface area (Å²) in [6, 6.07) is 0. The third-order valence-electron chi connectivity index (χ3n) is 2.89. The Bertz CT molecular complexity index is 122. The minimum Gasteiger partial charge on any atom is -0.330 e. The predicted octanol–water partition coefficient (Wildman–Crippen LogP) is 1.46. The van der Waals surface area contributed by atoms with E-state index in [4.69, 9.17) is 5.73 Å². The van der Waals surface area contributed by atoms with Gasteiger partial charge in [-0.3, -0.25) is 0 Å². The zero-order valence-corrected chi connectivity index (χ0v) is 8.47. The second-order valence-electron chi connectivity index (χ2n) is 4.65. The third-order valence-corrected chi connectivity index (χ3v) is 2.89. The highest BCUT2D eigenvalue weighted by atomic mass is 15.1. The molecular weight excluding hydrogens is 148 g/mol. The van der Waals surface area contributed by atoms with Gasteiger partial charge in [-0.25, -0.2) is 0 Å². The van der Waals surface area contributed by atoms with Crippen molar-refractivity contribution < 1.29 is 0 Å². The van der Waals surface area contributed by atoms with Crippen molar-refractivity contribution in [3.8, 4) is 0 Å². The third kappa shape index (κ3) is 3.11. The van der Waals surface area contributed by atoms with E-state index in [2.05, 4.69) is 18.7 Å². The molecule has 0 saturated carbocycles. The summed E-state index contributed by atoms with van der Waals surface area (Å²) in [5.41, 5.74) is 6.05. The van der Waals surface area contributed by atoms with E-state index in [9.17, 15) is 0 Å². The SMILES string of the molecule is CC1(C)CCN(CCCN)CC1. The molecule has 1 fully saturated rings. The van der Waals surface area contributed by atoms with Crippen molar-refractivity contribution in [1.82, 2.24) is 4.90 Å². The first-order valence-corrected chi connectivity index (χ1v) is 5.06. The molecule has 0 unspecified atom stereocenters. The van der Waals surface area contributed by atoms with Crippen molar-refractivity contribution in [2.75, 3.05) is 26.2 Å². The zero-order valence-electron chi connectivity index (χ0n) is 8.47. The molecule has 1 heterocycles. The van der Waals surface area contributed by atoms with Crippen molar-refractivity contribution in [2.45, 2.75) is 33.1 Å². The van der Waals surface area contributed by atoms with E-state index in [1.807, 2.05) is 0 Å². The Morgan fingerprint density at radius 3 is 2.33 bits per heavy atom. The van der Waals surface area contributed by atoms with E-state index in [1.165, 1.54) is 32.5 Å². The fraction of sp³-hybridized carbons (Fsp3) is 1.00. The monoisotopic (exact) mass is 170 g/mol. The van der Waals surface area contributed by atoms with Crippen LogP contribution in [0.15, 0.2) is 0 Å². The Labute approximate surface area is 76.1 Å². The molecule has 0 aromatic heterocycles. The summed E-state index contributed by atoms with van der Waals surface area (Å²) in [6.45, 7) is 9.31. The van der Waals surface area contributed by atoms with Crippen LogP contribution < -0.4 is 5.73 Å². The van der Waals surface area contributed by atoms with Gasteiger partial charge in [-0.2, -0.15) is 0 Å². The maximum atomic E-state index is 5.47. The molecule has 1 saturated heterocycles. The Kier molecular flexibility index (Phi) is 3.53. The molecule has 12 heavy (non-hydrogen) atoms. The van der Waals surface area contributed by atoms with Gasteiger partial charge in [0, 0.05) is 0 Å². The molecule has 0 radical (unpaired) electrons. The van der Waals surface area contributed by atoms with Crippen LogP contribution in [0.25, 0.3) is 0 Å². The summed E-state index contributed by atoms with van der Waals surface area (Å²) < 4.78 is 0. The zero-order chi connectivity index (χ0) is 9.03. The molecule has 1 rings (SSSR count). The average Bonchev–Trinajstić information content (AvgIpc) is 2.03. The van der Waals surface area contributed by atoms with Crippen molar-refractivity contribution in [3.63, 3.8) is 0 Å². The Hall–Kier alpha value is -0.0800. The maximum absolute atomic E-state index is 5.47. The lowest BCUT2D eigenvalue weighted by atomic mass is 9.83. The normalized spacial score (nSPS) is 24.2. The number of likely N-dealkylation sites (tertiary alicyclic amines) is 1. The highest BCUT2D eigenvalue weighted by Gasteiger charge is 2.24. The second kappa shape index (κ2) is 4.24. The summed E-state index contributed by atoms with van der Waals surface area (Å²) in [7, 11) is 0. The molecule has 2 nitrogen and oxygen atoms in total. The number of hydrogen-bond donors (Lipinski definition) is 1. The van der Waals surface area contributed by atoms with E-state index in [0.29, 0.717) is 5.41 Å². The predicted molar refractivity (Wildman–Crippen MR) is 53.1 cm³/mol. The average molecular weight is 170 g/mol. The fourth-order valence-corrected chi connectivity index (χ4v) is 1.70. The molecule has 1 aliphatic heterocycles. The van der Waals surface area contributed by atoms with Crippen LogP contribution in [0.5, 0.6) is 0 Å². The molecule has 2 N–H and O–H groups in total. The van der Waals surface area contributed by atoms with Gasteiger partial charge in [0.2, 0.25) is 0 Å². The van der Waals surface area contributed by atoms with Crippen molar-refractivity contribution in [3.05, 3.63) is 0 Å². The molecule has 2 heteroatoms. The van der Waals surface area contributed by atoms with Crippen LogP contribution in [0.4, 0.5) is 0 Å². The number of nitrogens with zero attached hydrogens (tertiary/aromatic N) is 1. The van der Waals surface area contributed by atoms with Crippen LogP contribution in [-0.4, -0.2) is 31.1 Å². The molecule has 0 aromatic carbocycles. The molecule has 1 aliphatic rings. The van der Waals surface area contributed by atoms with Crippen LogP contribution in [0.2, 0.25) is 0 Å². The van der Waals surface area contributed by atoms with Gasteiger partial charge in [-0.1, -0.05) is 13.8 Å². The smallest absolute Gasteiger partial charge is 0.000671 e. The lowest BCUT2D eigenvalue weighted by Crippen LogP contribution is -2.38. The second-order valence-corrected chi connectivity index (χ2v) is 4.65. The molecule has 0 bridgehead atoms. The molecule has 0 amide bonds. The number of hydrogen-bond acceptors (Lipinski definition) is 2. The fourth-order valence-electron chi connectivity index (χ4n) is 1.70. The summed E-state index contributed by atoms with van der Waals surface area (Å²) in [5, 5.41) is 0. The lowest BCUT2D eigenvalue weighted by Gasteiger charge is -2.36. The summed E-state index contributed by atoms with van der Waals surface area (Å²) in [5.74, 6) is 0.